The Kier molecular flexibility index (Phi) is 2.80. The molecule has 6 nitrogen and oxygen atoms in total. The molecule has 1 aliphatic rings. The second-order valence-corrected chi connectivity index (χ2v) is 6.49. The van der Waals surface area contributed by atoms with E-state index in [0.717, 1.165) is 58.2 Å². The summed E-state index contributed by atoms with van der Waals surface area (Å²) in [5.74, 6) is 1.60. The average molecular weight is 309 g/mol. The number of halogens is 1. The summed E-state index contributed by atoms with van der Waals surface area (Å²) in [5, 5.41) is 7.84. The molecule has 3 aromatic rings. The van der Waals surface area contributed by atoms with Crippen LogP contribution in [0, 0.1) is 6.92 Å². The van der Waals surface area contributed by atoms with Gasteiger partial charge in [-0.25, -0.2) is 9.97 Å². The smallest absolute Gasteiger partial charge is 0.229 e. The fourth-order valence-electron chi connectivity index (χ4n) is 2.52. The first-order valence-electron chi connectivity index (χ1n) is 6.50. The number of hydrogen-bond acceptors (Lipinski definition) is 6. The van der Waals surface area contributed by atoms with Crippen molar-refractivity contribution in [3.8, 4) is 0 Å². The number of piperazine rings is 1. The Balaban J connectivity index is 2.01. The highest BCUT2D eigenvalue weighted by Crippen LogP contribution is 2.32. The van der Waals surface area contributed by atoms with Gasteiger partial charge in [0.1, 0.15) is 5.82 Å². The Morgan fingerprint density at radius 3 is 2.90 bits per heavy atom. The molecule has 0 aromatic carbocycles. The molecular weight excluding hydrogens is 296 g/mol. The molecule has 8 heteroatoms. The number of aryl methyl sites for hydroxylation is 1. The van der Waals surface area contributed by atoms with E-state index in [1.54, 1.807) is 0 Å². The van der Waals surface area contributed by atoms with Gasteiger partial charge in [-0.05, 0) is 13.0 Å². The molecule has 4 rings (SSSR count). The molecular formula is C12H13ClN6S. The van der Waals surface area contributed by atoms with Gasteiger partial charge >= 0.3 is 0 Å². The van der Waals surface area contributed by atoms with Crippen LogP contribution in [0.25, 0.3) is 15.9 Å². The van der Waals surface area contributed by atoms with Crippen LogP contribution in [0.4, 0.5) is 5.95 Å². The van der Waals surface area contributed by atoms with Crippen molar-refractivity contribution in [2.45, 2.75) is 6.92 Å². The normalized spacial score (nSPS) is 16.4. The average Bonchev–Trinajstić information content (AvgIpc) is 3.00. The zero-order valence-electron chi connectivity index (χ0n) is 10.9. The van der Waals surface area contributed by atoms with E-state index in [0.29, 0.717) is 0 Å². The van der Waals surface area contributed by atoms with E-state index in [1.165, 1.54) is 11.3 Å². The number of nitrogens with zero attached hydrogens (tertiary/aromatic N) is 5. The molecule has 0 spiro atoms. The van der Waals surface area contributed by atoms with Crippen LogP contribution in [0.3, 0.4) is 0 Å². The Hall–Kier alpha value is -1.44. The van der Waals surface area contributed by atoms with Crippen LogP contribution < -0.4 is 10.2 Å². The molecule has 0 bridgehead atoms. The first-order chi connectivity index (χ1) is 9.72. The quantitative estimate of drug-likeness (QED) is 0.741. The highest BCUT2D eigenvalue weighted by atomic mass is 35.5. The van der Waals surface area contributed by atoms with Crippen molar-refractivity contribution in [1.82, 2.24) is 24.9 Å². The third-order valence-corrected chi connectivity index (χ3v) is 4.66. The Bertz CT molecular complexity index is 788. The summed E-state index contributed by atoms with van der Waals surface area (Å²) in [7, 11) is 0. The van der Waals surface area contributed by atoms with Crippen molar-refractivity contribution in [3.05, 3.63) is 16.2 Å². The molecule has 0 amide bonds. The molecule has 0 atom stereocenters. The van der Waals surface area contributed by atoms with Crippen LogP contribution in [0.2, 0.25) is 4.34 Å². The number of fused-ring (bicyclic) bond motifs is 3. The van der Waals surface area contributed by atoms with Gasteiger partial charge in [-0.3, -0.25) is 0 Å². The second-order valence-electron chi connectivity index (χ2n) is 4.81. The summed E-state index contributed by atoms with van der Waals surface area (Å²) in [6.07, 6.45) is 0. The van der Waals surface area contributed by atoms with E-state index in [-0.39, 0.29) is 0 Å². The minimum absolute atomic E-state index is 0.729. The van der Waals surface area contributed by atoms with Crippen LogP contribution in [-0.2, 0) is 0 Å². The van der Waals surface area contributed by atoms with Crippen molar-refractivity contribution in [2.75, 3.05) is 31.1 Å². The van der Waals surface area contributed by atoms with E-state index in [9.17, 15) is 0 Å². The molecule has 3 aromatic heterocycles. The summed E-state index contributed by atoms with van der Waals surface area (Å²) in [4.78, 5) is 11.5. The molecule has 1 saturated heterocycles. The van der Waals surface area contributed by atoms with Crippen LogP contribution in [0.15, 0.2) is 6.07 Å². The maximum atomic E-state index is 6.13. The molecule has 104 valence electrons. The van der Waals surface area contributed by atoms with Crippen LogP contribution in [0.1, 0.15) is 5.82 Å². The molecule has 0 saturated carbocycles. The molecule has 0 unspecified atom stereocenters. The predicted molar refractivity (Wildman–Crippen MR) is 81.0 cm³/mol. The SMILES string of the molecule is Cc1nc2c3sc(Cl)cc3nc(N3CCNCC3)n2n1. The van der Waals surface area contributed by atoms with Crippen molar-refractivity contribution in [1.29, 1.82) is 0 Å². The van der Waals surface area contributed by atoms with Crippen LogP contribution in [0.5, 0.6) is 0 Å². The van der Waals surface area contributed by atoms with Crippen molar-refractivity contribution in [3.63, 3.8) is 0 Å². The third kappa shape index (κ3) is 1.85. The lowest BCUT2D eigenvalue weighted by Gasteiger charge is -2.28. The number of hydrogen-bond donors (Lipinski definition) is 1. The number of rotatable bonds is 1. The van der Waals surface area contributed by atoms with Crippen molar-refractivity contribution < 1.29 is 0 Å². The summed E-state index contributed by atoms with van der Waals surface area (Å²) in [5.41, 5.74) is 1.74. The fourth-order valence-corrected chi connectivity index (χ4v) is 3.65. The fraction of sp³-hybridized carbons (Fsp3) is 0.417. The van der Waals surface area contributed by atoms with E-state index in [2.05, 4.69) is 20.3 Å². The van der Waals surface area contributed by atoms with Crippen molar-refractivity contribution in [2.24, 2.45) is 0 Å². The Morgan fingerprint density at radius 1 is 1.30 bits per heavy atom. The van der Waals surface area contributed by atoms with E-state index < -0.39 is 0 Å². The summed E-state index contributed by atoms with van der Waals surface area (Å²) < 4.78 is 3.57. The molecule has 20 heavy (non-hydrogen) atoms. The van der Waals surface area contributed by atoms with Gasteiger partial charge in [-0.2, -0.15) is 4.52 Å². The summed E-state index contributed by atoms with van der Waals surface area (Å²) >= 11 is 7.62. The van der Waals surface area contributed by atoms with Gasteiger partial charge < -0.3 is 10.2 Å². The van der Waals surface area contributed by atoms with Crippen molar-refractivity contribution >= 4 is 44.7 Å². The Morgan fingerprint density at radius 2 is 2.10 bits per heavy atom. The molecule has 0 aliphatic carbocycles. The molecule has 1 aliphatic heterocycles. The predicted octanol–water partition coefficient (Wildman–Crippen LogP) is 1.71. The third-order valence-electron chi connectivity index (χ3n) is 3.41. The monoisotopic (exact) mass is 308 g/mol. The van der Waals surface area contributed by atoms with E-state index in [1.807, 2.05) is 17.5 Å². The minimum Gasteiger partial charge on any atom is -0.338 e. The molecule has 0 radical (unpaired) electrons. The zero-order valence-corrected chi connectivity index (χ0v) is 12.5. The van der Waals surface area contributed by atoms with Crippen LogP contribution >= 0.6 is 22.9 Å². The summed E-state index contributed by atoms with van der Waals surface area (Å²) in [6.45, 7) is 5.66. The van der Waals surface area contributed by atoms with Gasteiger partial charge in [-0.15, -0.1) is 16.4 Å². The topological polar surface area (TPSA) is 58.4 Å². The largest absolute Gasteiger partial charge is 0.338 e. The lowest BCUT2D eigenvalue weighted by molar-refractivity contribution is 0.575. The van der Waals surface area contributed by atoms with Gasteiger partial charge in [0.2, 0.25) is 5.95 Å². The van der Waals surface area contributed by atoms with Crippen LogP contribution in [-0.4, -0.2) is 45.8 Å². The van der Waals surface area contributed by atoms with Gasteiger partial charge in [-0.1, -0.05) is 11.6 Å². The standard InChI is InChI=1S/C12H13ClN6S/c1-7-15-11-10-8(6-9(13)20-10)16-12(19(11)17-7)18-4-2-14-3-5-18/h6,14H,2-5H2,1H3. The lowest BCUT2D eigenvalue weighted by atomic mass is 10.4. The lowest BCUT2D eigenvalue weighted by Crippen LogP contribution is -2.44. The number of thiophene rings is 1. The van der Waals surface area contributed by atoms with Gasteiger partial charge in [0.15, 0.2) is 5.65 Å². The second kappa shape index (κ2) is 4.54. The summed E-state index contributed by atoms with van der Waals surface area (Å²) in [6, 6.07) is 1.90. The highest BCUT2D eigenvalue weighted by molar-refractivity contribution is 7.23. The zero-order chi connectivity index (χ0) is 13.7. The van der Waals surface area contributed by atoms with E-state index in [4.69, 9.17) is 16.6 Å². The van der Waals surface area contributed by atoms with Gasteiger partial charge in [0.25, 0.3) is 0 Å². The first kappa shape index (κ1) is 12.3. The molecule has 1 fully saturated rings. The first-order valence-corrected chi connectivity index (χ1v) is 7.70. The highest BCUT2D eigenvalue weighted by Gasteiger charge is 2.20. The molecule has 4 heterocycles. The molecule has 1 N–H and O–H groups in total. The van der Waals surface area contributed by atoms with Gasteiger partial charge in [0.05, 0.1) is 14.6 Å². The number of aromatic nitrogens is 4. The number of nitrogens with one attached hydrogen (secondary N) is 1. The maximum Gasteiger partial charge on any atom is 0.229 e. The maximum absolute atomic E-state index is 6.13. The Labute approximate surface area is 124 Å². The van der Waals surface area contributed by atoms with Gasteiger partial charge in [0, 0.05) is 26.2 Å². The number of anilines is 1. The van der Waals surface area contributed by atoms with E-state index >= 15 is 0 Å². The minimum atomic E-state index is 0.729.